The van der Waals surface area contributed by atoms with Crippen molar-refractivity contribution in [3.8, 4) is 0 Å². The lowest BCUT2D eigenvalue weighted by Gasteiger charge is -2.21. The van der Waals surface area contributed by atoms with E-state index in [-0.39, 0.29) is 5.91 Å². The molecule has 1 amide bonds. The van der Waals surface area contributed by atoms with Gasteiger partial charge in [0.25, 0.3) is 5.91 Å². The molecule has 1 aromatic heterocycles. The molecule has 6 heteroatoms. The Morgan fingerprint density at radius 2 is 2.14 bits per heavy atom. The number of amides is 1. The number of aliphatic imine (C=N–C) groups is 1. The lowest BCUT2D eigenvalue weighted by atomic mass is 10.3. The number of guanidine groups is 1. The predicted octanol–water partition coefficient (Wildman–Crippen LogP) is 2.57. The van der Waals surface area contributed by atoms with E-state index in [4.69, 9.17) is 0 Å². The van der Waals surface area contributed by atoms with Gasteiger partial charge in [-0.05, 0) is 31.2 Å². The summed E-state index contributed by atoms with van der Waals surface area (Å²) in [4.78, 5) is 19.3. The molecular formula is C16H28N4OS. The van der Waals surface area contributed by atoms with Crippen LogP contribution in [0, 0.1) is 0 Å². The van der Waals surface area contributed by atoms with Crippen molar-refractivity contribution in [3.63, 3.8) is 0 Å². The van der Waals surface area contributed by atoms with Crippen LogP contribution in [0.1, 0.15) is 42.8 Å². The fourth-order valence-corrected chi connectivity index (χ4v) is 2.57. The van der Waals surface area contributed by atoms with Gasteiger partial charge in [-0.25, -0.2) is 0 Å². The van der Waals surface area contributed by atoms with Crippen molar-refractivity contribution in [2.24, 2.45) is 4.99 Å². The molecule has 0 atom stereocenters. The number of nitrogens with one attached hydrogen (secondary N) is 2. The maximum atomic E-state index is 11.8. The van der Waals surface area contributed by atoms with Gasteiger partial charge in [-0.15, -0.1) is 11.3 Å². The number of hydrogen-bond donors (Lipinski definition) is 2. The summed E-state index contributed by atoms with van der Waals surface area (Å²) in [5.74, 6) is 0.950. The zero-order chi connectivity index (χ0) is 16.2. The molecule has 124 valence electrons. The van der Waals surface area contributed by atoms with Gasteiger partial charge in [0.05, 0.1) is 4.88 Å². The van der Waals surface area contributed by atoms with E-state index >= 15 is 0 Å². The summed E-state index contributed by atoms with van der Waals surface area (Å²) in [6.07, 6.45) is 3.18. The van der Waals surface area contributed by atoms with Crippen LogP contribution in [0.5, 0.6) is 0 Å². The lowest BCUT2D eigenvalue weighted by molar-refractivity contribution is 0.0957. The van der Waals surface area contributed by atoms with Gasteiger partial charge in [-0.2, -0.15) is 0 Å². The molecule has 0 unspecified atom stereocenters. The molecule has 0 spiro atoms. The third-order valence-electron chi connectivity index (χ3n) is 3.17. The van der Waals surface area contributed by atoms with E-state index in [0.29, 0.717) is 13.1 Å². The number of unbranched alkanes of at least 4 members (excludes halogenated alkanes) is 1. The summed E-state index contributed by atoms with van der Waals surface area (Å²) in [6, 6.07) is 3.73. The number of carbonyl (C=O) groups is 1. The summed E-state index contributed by atoms with van der Waals surface area (Å²) in [7, 11) is 2.07. The molecule has 0 aliphatic heterocycles. The highest BCUT2D eigenvalue weighted by Crippen LogP contribution is 2.07. The Labute approximate surface area is 137 Å². The van der Waals surface area contributed by atoms with E-state index in [1.54, 1.807) is 0 Å². The second-order valence-corrected chi connectivity index (χ2v) is 6.05. The number of carbonyl (C=O) groups excluding carboxylic acids is 1. The first-order chi connectivity index (χ1) is 10.7. The summed E-state index contributed by atoms with van der Waals surface area (Å²) in [5.41, 5.74) is 0. The Morgan fingerprint density at radius 3 is 2.77 bits per heavy atom. The highest BCUT2D eigenvalue weighted by Gasteiger charge is 2.06. The minimum absolute atomic E-state index is 0.00551. The lowest BCUT2D eigenvalue weighted by Crippen LogP contribution is -2.39. The Bertz CT molecular complexity index is 445. The van der Waals surface area contributed by atoms with Crippen molar-refractivity contribution < 1.29 is 4.79 Å². The Balaban J connectivity index is 2.29. The second kappa shape index (κ2) is 11.1. The molecule has 2 N–H and O–H groups in total. The summed E-state index contributed by atoms with van der Waals surface area (Å²) >= 11 is 1.46. The van der Waals surface area contributed by atoms with E-state index in [2.05, 4.69) is 41.4 Å². The average molecular weight is 324 g/mol. The van der Waals surface area contributed by atoms with Crippen LogP contribution >= 0.6 is 11.3 Å². The van der Waals surface area contributed by atoms with Gasteiger partial charge in [0.2, 0.25) is 0 Å². The van der Waals surface area contributed by atoms with Gasteiger partial charge in [-0.3, -0.25) is 9.79 Å². The normalized spacial score (nSPS) is 11.3. The molecular weight excluding hydrogens is 296 g/mol. The Kier molecular flexibility index (Phi) is 9.30. The Hall–Kier alpha value is -1.56. The number of rotatable bonds is 9. The zero-order valence-electron chi connectivity index (χ0n) is 13.9. The van der Waals surface area contributed by atoms with Gasteiger partial charge in [-0.1, -0.05) is 19.4 Å². The minimum Gasteiger partial charge on any atom is -0.357 e. The maximum Gasteiger partial charge on any atom is 0.261 e. The molecule has 0 aliphatic rings. The highest BCUT2D eigenvalue weighted by molar-refractivity contribution is 7.12. The van der Waals surface area contributed by atoms with Crippen molar-refractivity contribution >= 4 is 23.2 Å². The third kappa shape index (κ3) is 6.93. The van der Waals surface area contributed by atoms with Crippen molar-refractivity contribution in [1.29, 1.82) is 0 Å². The molecule has 1 rings (SSSR count). The fourth-order valence-electron chi connectivity index (χ4n) is 1.93. The number of hydrogen-bond acceptors (Lipinski definition) is 3. The van der Waals surface area contributed by atoms with Gasteiger partial charge in [0, 0.05) is 33.2 Å². The molecule has 1 heterocycles. The smallest absolute Gasteiger partial charge is 0.261 e. The van der Waals surface area contributed by atoms with E-state index in [1.165, 1.54) is 17.8 Å². The van der Waals surface area contributed by atoms with Crippen molar-refractivity contribution in [3.05, 3.63) is 22.4 Å². The minimum atomic E-state index is 0.00551. The van der Waals surface area contributed by atoms with Gasteiger partial charge in [0.15, 0.2) is 5.96 Å². The zero-order valence-corrected chi connectivity index (χ0v) is 14.7. The summed E-state index contributed by atoms with van der Waals surface area (Å²) in [6.45, 7) is 7.50. The maximum absolute atomic E-state index is 11.8. The predicted molar refractivity (Wildman–Crippen MR) is 94.8 cm³/mol. The van der Waals surface area contributed by atoms with E-state index in [1.807, 2.05) is 17.5 Å². The molecule has 0 aromatic carbocycles. The van der Waals surface area contributed by atoms with Crippen molar-refractivity contribution in [2.75, 3.05) is 33.2 Å². The molecule has 0 aliphatic carbocycles. The molecule has 0 bridgehead atoms. The molecule has 0 saturated heterocycles. The summed E-state index contributed by atoms with van der Waals surface area (Å²) < 4.78 is 0. The SMILES string of the molecule is CCCCN(C)C(=NCCCNC(=O)c1cccs1)NCC. The van der Waals surface area contributed by atoms with Gasteiger partial charge < -0.3 is 15.5 Å². The first-order valence-electron chi connectivity index (χ1n) is 8.00. The standard InChI is InChI=1S/C16H28N4OS/c1-4-6-12-20(3)16(17-5-2)19-11-8-10-18-15(21)14-9-7-13-22-14/h7,9,13H,4-6,8,10-12H2,1-3H3,(H,17,19)(H,18,21). The van der Waals surface area contributed by atoms with E-state index < -0.39 is 0 Å². The van der Waals surface area contributed by atoms with Crippen LogP contribution in [-0.2, 0) is 0 Å². The van der Waals surface area contributed by atoms with Crippen LogP contribution in [0.2, 0.25) is 0 Å². The van der Waals surface area contributed by atoms with Crippen LogP contribution in [0.25, 0.3) is 0 Å². The number of nitrogens with zero attached hydrogens (tertiary/aromatic N) is 2. The Morgan fingerprint density at radius 1 is 1.32 bits per heavy atom. The first kappa shape index (κ1) is 18.5. The van der Waals surface area contributed by atoms with Crippen molar-refractivity contribution in [2.45, 2.75) is 33.1 Å². The largest absolute Gasteiger partial charge is 0.357 e. The van der Waals surface area contributed by atoms with Gasteiger partial charge in [0.1, 0.15) is 0 Å². The highest BCUT2D eigenvalue weighted by atomic mass is 32.1. The van der Waals surface area contributed by atoms with Crippen LogP contribution in [0.15, 0.2) is 22.5 Å². The molecule has 5 nitrogen and oxygen atoms in total. The number of thiophene rings is 1. The molecule has 0 fully saturated rings. The fraction of sp³-hybridized carbons (Fsp3) is 0.625. The molecule has 0 radical (unpaired) electrons. The first-order valence-corrected chi connectivity index (χ1v) is 8.88. The third-order valence-corrected chi connectivity index (χ3v) is 4.04. The van der Waals surface area contributed by atoms with E-state index in [9.17, 15) is 4.79 Å². The van der Waals surface area contributed by atoms with Crippen LogP contribution in [0.3, 0.4) is 0 Å². The van der Waals surface area contributed by atoms with Gasteiger partial charge >= 0.3 is 0 Å². The second-order valence-electron chi connectivity index (χ2n) is 5.10. The topological polar surface area (TPSA) is 56.7 Å². The molecule has 0 saturated carbocycles. The monoisotopic (exact) mass is 324 g/mol. The summed E-state index contributed by atoms with van der Waals surface area (Å²) in [5, 5.41) is 8.14. The van der Waals surface area contributed by atoms with Crippen LogP contribution in [-0.4, -0.2) is 50.0 Å². The molecule has 22 heavy (non-hydrogen) atoms. The van der Waals surface area contributed by atoms with Crippen LogP contribution in [0.4, 0.5) is 0 Å². The average Bonchev–Trinajstić information content (AvgIpc) is 3.05. The van der Waals surface area contributed by atoms with Crippen LogP contribution < -0.4 is 10.6 Å². The van der Waals surface area contributed by atoms with Crippen molar-refractivity contribution in [1.82, 2.24) is 15.5 Å². The quantitative estimate of drug-likeness (QED) is 0.417. The van der Waals surface area contributed by atoms with E-state index in [0.717, 1.165) is 36.8 Å². The molecule has 1 aromatic rings.